The summed E-state index contributed by atoms with van der Waals surface area (Å²) in [5.41, 5.74) is 2.90. The van der Waals surface area contributed by atoms with Crippen LogP contribution in [-0.2, 0) is 0 Å². The maximum atomic E-state index is 13.3. The van der Waals surface area contributed by atoms with Gasteiger partial charge in [0.15, 0.2) is 11.6 Å². The minimum Gasteiger partial charge on any atom is -0.489 e. The molecule has 0 spiro atoms. The fraction of sp³-hybridized carbons (Fsp3) is 0.235. The molecule has 4 nitrogen and oxygen atoms in total. The van der Waals surface area contributed by atoms with Crippen molar-refractivity contribution in [3.05, 3.63) is 59.4 Å². The summed E-state index contributed by atoms with van der Waals surface area (Å²) in [7, 11) is 0. The number of nitrogens with one attached hydrogen (secondary N) is 2. The number of halogens is 1. The molecular formula is C17H19FN2O2. The average molecular weight is 302 g/mol. The molecule has 0 bridgehead atoms. The molecule has 2 aromatic carbocycles. The summed E-state index contributed by atoms with van der Waals surface area (Å²) in [6, 6.07) is 11.6. The fourth-order valence-corrected chi connectivity index (χ4v) is 2.01. The largest absolute Gasteiger partial charge is 0.489 e. The highest BCUT2D eigenvalue weighted by atomic mass is 19.1. The van der Waals surface area contributed by atoms with Crippen molar-refractivity contribution in [3.63, 3.8) is 0 Å². The monoisotopic (exact) mass is 302 g/mol. The van der Waals surface area contributed by atoms with Crippen molar-refractivity contribution >= 4 is 11.7 Å². The number of para-hydroxylation sites is 1. The van der Waals surface area contributed by atoms with E-state index in [9.17, 15) is 9.18 Å². The Morgan fingerprint density at radius 2 is 1.95 bits per heavy atom. The maximum absolute atomic E-state index is 13.3. The summed E-state index contributed by atoms with van der Waals surface area (Å²) in [5, 5.41) is 5.43. The van der Waals surface area contributed by atoms with E-state index in [2.05, 4.69) is 10.6 Å². The van der Waals surface area contributed by atoms with Crippen molar-refractivity contribution in [2.45, 2.75) is 13.8 Å². The zero-order chi connectivity index (χ0) is 15.9. The van der Waals surface area contributed by atoms with Crippen molar-refractivity contribution in [2.75, 3.05) is 18.5 Å². The predicted octanol–water partition coefficient (Wildman–Crippen LogP) is 3.64. The van der Waals surface area contributed by atoms with Crippen molar-refractivity contribution in [1.82, 2.24) is 5.32 Å². The number of carbonyl (C=O) groups excluding carboxylic acids is 1. The van der Waals surface area contributed by atoms with Gasteiger partial charge >= 0.3 is 6.03 Å². The molecule has 0 radical (unpaired) electrons. The number of anilines is 1. The van der Waals surface area contributed by atoms with Crippen molar-refractivity contribution < 1.29 is 13.9 Å². The predicted molar refractivity (Wildman–Crippen MR) is 84.8 cm³/mol. The highest BCUT2D eigenvalue weighted by molar-refractivity contribution is 5.90. The van der Waals surface area contributed by atoms with Gasteiger partial charge < -0.3 is 15.4 Å². The van der Waals surface area contributed by atoms with Crippen LogP contribution in [0.1, 0.15) is 11.1 Å². The smallest absolute Gasteiger partial charge is 0.319 e. The van der Waals surface area contributed by atoms with Crippen molar-refractivity contribution in [3.8, 4) is 5.75 Å². The summed E-state index contributed by atoms with van der Waals surface area (Å²) in [5.74, 6) is -0.235. The van der Waals surface area contributed by atoms with E-state index in [1.54, 1.807) is 18.2 Å². The molecule has 0 saturated carbocycles. The van der Waals surface area contributed by atoms with Gasteiger partial charge in [-0.05, 0) is 37.6 Å². The quantitative estimate of drug-likeness (QED) is 0.828. The first-order valence-electron chi connectivity index (χ1n) is 7.05. The number of rotatable bonds is 5. The summed E-state index contributed by atoms with van der Waals surface area (Å²) < 4.78 is 18.6. The van der Waals surface area contributed by atoms with Crippen LogP contribution in [0.5, 0.6) is 5.75 Å². The van der Waals surface area contributed by atoms with Crippen molar-refractivity contribution in [1.29, 1.82) is 0 Å². The van der Waals surface area contributed by atoms with E-state index in [1.165, 1.54) is 6.07 Å². The zero-order valence-corrected chi connectivity index (χ0v) is 12.7. The Morgan fingerprint density at radius 3 is 2.68 bits per heavy atom. The average Bonchev–Trinajstić information content (AvgIpc) is 2.48. The molecule has 22 heavy (non-hydrogen) atoms. The molecule has 116 valence electrons. The fourth-order valence-electron chi connectivity index (χ4n) is 2.01. The van der Waals surface area contributed by atoms with Gasteiger partial charge in [-0.1, -0.05) is 29.8 Å². The molecule has 0 heterocycles. The van der Waals surface area contributed by atoms with Crippen LogP contribution in [0.25, 0.3) is 0 Å². The first-order valence-corrected chi connectivity index (χ1v) is 7.05. The Bertz CT molecular complexity index is 659. The molecule has 2 N–H and O–H groups in total. The first-order chi connectivity index (χ1) is 10.6. The maximum Gasteiger partial charge on any atom is 0.319 e. The van der Waals surface area contributed by atoms with E-state index in [0.717, 1.165) is 16.8 Å². The molecule has 2 aromatic rings. The second kappa shape index (κ2) is 7.45. The third-order valence-corrected chi connectivity index (χ3v) is 3.11. The third kappa shape index (κ3) is 4.48. The molecule has 0 aliphatic heterocycles. The number of hydrogen-bond acceptors (Lipinski definition) is 2. The lowest BCUT2D eigenvalue weighted by atomic mass is 10.1. The molecule has 0 atom stereocenters. The van der Waals surface area contributed by atoms with E-state index in [1.807, 2.05) is 32.0 Å². The minimum absolute atomic E-state index is 0.180. The van der Waals surface area contributed by atoms with E-state index < -0.39 is 5.82 Å². The van der Waals surface area contributed by atoms with Crippen LogP contribution in [0.2, 0.25) is 0 Å². The molecule has 0 aliphatic carbocycles. The third-order valence-electron chi connectivity index (χ3n) is 3.11. The van der Waals surface area contributed by atoms with Crippen LogP contribution in [0.3, 0.4) is 0 Å². The Morgan fingerprint density at radius 1 is 1.18 bits per heavy atom. The summed E-state index contributed by atoms with van der Waals surface area (Å²) >= 11 is 0. The van der Waals surface area contributed by atoms with Gasteiger partial charge in [0.05, 0.1) is 6.54 Å². The van der Waals surface area contributed by atoms with Crippen LogP contribution in [-0.4, -0.2) is 19.2 Å². The van der Waals surface area contributed by atoms with Gasteiger partial charge in [-0.25, -0.2) is 9.18 Å². The minimum atomic E-state index is -0.415. The summed E-state index contributed by atoms with van der Waals surface area (Å²) in [6.07, 6.45) is 0. The topological polar surface area (TPSA) is 50.4 Å². The molecule has 0 saturated heterocycles. The first kappa shape index (κ1) is 15.8. The number of ether oxygens (including phenoxy) is 1. The van der Waals surface area contributed by atoms with E-state index >= 15 is 0 Å². The Hall–Kier alpha value is -2.56. The Kier molecular flexibility index (Phi) is 5.36. The van der Waals surface area contributed by atoms with Crippen LogP contribution < -0.4 is 15.4 Å². The lowest BCUT2D eigenvalue weighted by Gasteiger charge is -2.11. The number of hydrogen-bond donors (Lipinski definition) is 2. The number of urea groups is 1. The van der Waals surface area contributed by atoms with E-state index in [4.69, 9.17) is 4.74 Å². The summed E-state index contributed by atoms with van der Waals surface area (Å²) in [6.45, 7) is 4.41. The number of amides is 2. The molecule has 0 unspecified atom stereocenters. The van der Waals surface area contributed by atoms with E-state index in [-0.39, 0.29) is 24.9 Å². The second-order valence-electron chi connectivity index (χ2n) is 4.98. The molecule has 0 aliphatic rings. The van der Waals surface area contributed by atoms with Gasteiger partial charge in [-0.15, -0.1) is 0 Å². The van der Waals surface area contributed by atoms with Gasteiger partial charge in [0.25, 0.3) is 0 Å². The van der Waals surface area contributed by atoms with Crippen LogP contribution in [0.15, 0.2) is 42.5 Å². The highest BCUT2D eigenvalue weighted by Crippen LogP contribution is 2.16. The second-order valence-corrected chi connectivity index (χ2v) is 4.98. The summed E-state index contributed by atoms with van der Waals surface area (Å²) in [4.78, 5) is 11.8. The van der Waals surface area contributed by atoms with Crippen LogP contribution >= 0.6 is 0 Å². The standard InChI is InChI=1S/C17H19FN2O2/c1-12-7-8-15(13(2)11-12)20-17(21)19-9-10-22-16-6-4-3-5-14(16)18/h3-8,11H,9-10H2,1-2H3,(H2,19,20,21). The SMILES string of the molecule is Cc1ccc(NC(=O)NCCOc2ccccc2F)c(C)c1. The van der Waals surface area contributed by atoms with Gasteiger partial charge in [0.2, 0.25) is 0 Å². The molecule has 5 heteroatoms. The molecule has 2 amide bonds. The molecule has 2 rings (SSSR count). The van der Waals surface area contributed by atoms with Gasteiger partial charge in [0, 0.05) is 5.69 Å². The Balaban J connectivity index is 1.75. The Labute approximate surface area is 129 Å². The highest BCUT2D eigenvalue weighted by Gasteiger charge is 2.05. The zero-order valence-electron chi connectivity index (χ0n) is 12.7. The van der Waals surface area contributed by atoms with Gasteiger partial charge in [-0.2, -0.15) is 0 Å². The lowest BCUT2D eigenvalue weighted by molar-refractivity contribution is 0.246. The van der Waals surface area contributed by atoms with Crippen LogP contribution in [0, 0.1) is 19.7 Å². The molecule has 0 aromatic heterocycles. The molecular weight excluding hydrogens is 283 g/mol. The van der Waals surface area contributed by atoms with E-state index in [0.29, 0.717) is 0 Å². The number of carbonyl (C=O) groups is 1. The van der Waals surface area contributed by atoms with Crippen LogP contribution in [0.4, 0.5) is 14.9 Å². The molecule has 0 fully saturated rings. The normalized spacial score (nSPS) is 10.1. The number of benzene rings is 2. The lowest BCUT2D eigenvalue weighted by Crippen LogP contribution is -2.32. The number of aryl methyl sites for hydroxylation is 2. The van der Waals surface area contributed by atoms with Gasteiger partial charge in [-0.3, -0.25) is 0 Å². The van der Waals surface area contributed by atoms with Crippen molar-refractivity contribution in [2.24, 2.45) is 0 Å². The van der Waals surface area contributed by atoms with Gasteiger partial charge in [0.1, 0.15) is 6.61 Å².